The zero-order chi connectivity index (χ0) is 13.1. The second-order valence-electron chi connectivity index (χ2n) is 4.79. The predicted octanol–water partition coefficient (Wildman–Crippen LogP) is 3.34. The second kappa shape index (κ2) is 6.46. The lowest BCUT2D eigenvalue weighted by atomic mass is 9.97. The van der Waals surface area contributed by atoms with Crippen molar-refractivity contribution in [1.29, 1.82) is 0 Å². The molecule has 1 aromatic rings. The minimum Gasteiger partial charge on any atom is -0.330 e. The summed E-state index contributed by atoms with van der Waals surface area (Å²) < 4.78 is 2.07. The molecule has 1 aromatic heterocycles. The molecule has 0 bridgehead atoms. The van der Waals surface area contributed by atoms with Crippen LogP contribution in [-0.4, -0.2) is 29.5 Å². The van der Waals surface area contributed by atoms with Crippen LogP contribution in [0.2, 0.25) is 0 Å². The van der Waals surface area contributed by atoms with Gasteiger partial charge in [0.2, 0.25) is 0 Å². The Morgan fingerprint density at radius 1 is 1.50 bits per heavy atom. The van der Waals surface area contributed by atoms with E-state index in [1.54, 1.807) is 0 Å². The predicted molar refractivity (Wildman–Crippen MR) is 81.4 cm³/mol. The van der Waals surface area contributed by atoms with E-state index in [0.717, 1.165) is 34.3 Å². The van der Waals surface area contributed by atoms with Crippen LogP contribution in [0.4, 0.5) is 0 Å². The first-order chi connectivity index (χ1) is 8.67. The molecule has 0 saturated carbocycles. The SMILES string of the molecule is CCCN1CCC(CN)C1c1ncc(Br)cc1Br. The normalized spacial score (nSPS) is 24.7. The molecular formula is C13H19Br2N3. The Balaban J connectivity index is 2.31. The Kier molecular flexibility index (Phi) is 5.18. The van der Waals surface area contributed by atoms with Crippen molar-refractivity contribution < 1.29 is 0 Å². The molecule has 2 rings (SSSR count). The molecule has 2 heterocycles. The fourth-order valence-electron chi connectivity index (χ4n) is 2.75. The van der Waals surface area contributed by atoms with E-state index in [0.29, 0.717) is 12.0 Å². The molecule has 0 radical (unpaired) electrons. The van der Waals surface area contributed by atoms with Crippen LogP contribution < -0.4 is 5.73 Å². The first-order valence-electron chi connectivity index (χ1n) is 6.42. The van der Waals surface area contributed by atoms with Crippen molar-refractivity contribution in [3.05, 3.63) is 26.9 Å². The third kappa shape index (κ3) is 2.95. The zero-order valence-corrected chi connectivity index (χ0v) is 13.7. The molecule has 2 atom stereocenters. The lowest BCUT2D eigenvalue weighted by Gasteiger charge is -2.27. The van der Waals surface area contributed by atoms with Gasteiger partial charge in [-0.15, -0.1) is 0 Å². The smallest absolute Gasteiger partial charge is 0.0721 e. The van der Waals surface area contributed by atoms with Crippen LogP contribution in [0.5, 0.6) is 0 Å². The van der Waals surface area contributed by atoms with Crippen LogP contribution in [0.15, 0.2) is 21.2 Å². The number of halogens is 2. The third-order valence-electron chi connectivity index (χ3n) is 3.56. The number of pyridine rings is 1. The van der Waals surface area contributed by atoms with E-state index in [4.69, 9.17) is 5.73 Å². The topological polar surface area (TPSA) is 42.1 Å². The number of nitrogens with zero attached hydrogens (tertiary/aromatic N) is 2. The Bertz CT molecular complexity index is 411. The van der Waals surface area contributed by atoms with E-state index >= 15 is 0 Å². The minimum absolute atomic E-state index is 0.359. The van der Waals surface area contributed by atoms with Gasteiger partial charge < -0.3 is 5.73 Å². The molecule has 3 nitrogen and oxygen atoms in total. The molecule has 2 N–H and O–H groups in total. The maximum absolute atomic E-state index is 5.92. The fraction of sp³-hybridized carbons (Fsp3) is 0.615. The highest BCUT2D eigenvalue weighted by Gasteiger charge is 2.35. The molecule has 0 aromatic carbocycles. The quantitative estimate of drug-likeness (QED) is 0.876. The van der Waals surface area contributed by atoms with E-state index in [9.17, 15) is 0 Å². The monoisotopic (exact) mass is 375 g/mol. The summed E-state index contributed by atoms with van der Waals surface area (Å²) in [6, 6.07) is 2.43. The van der Waals surface area contributed by atoms with Crippen molar-refractivity contribution in [1.82, 2.24) is 9.88 Å². The number of hydrogen-bond donors (Lipinski definition) is 1. The summed E-state index contributed by atoms with van der Waals surface area (Å²) >= 11 is 7.08. The highest BCUT2D eigenvalue weighted by molar-refractivity contribution is 9.11. The summed E-state index contributed by atoms with van der Waals surface area (Å²) in [5.41, 5.74) is 7.05. The average molecular weight is 377 g/mol. The Morgan fingerprint density at radius 2 is 2.28 bits per heavy atom. The molecule has 18 heavy (non-hydrogen) atoms. The summed E-state index contributed by atoms with van der Waals surface area (Å²) in [7, 11) is 0. The first-order valence-corrected chi connectivity index (χ1v) is 8.01. The maximum atomic E-state index is 5.92. The van der Waals surface area contributed by atoms with Gasteiger partial charge in [-0.2, -0.15) is 0 Å². The van der Waals surface area contributed by atoms with Crippen molar-refractivity contribution in [3.63, 3.8) is 0 Å². The minimum atomic E-state index is 0.359. The molecule has 1 aliphatic heterocycles. The van der Waals surface area contributed by atoms with Crippen molar-refractivity contribution in [3.8, 4) is 0 Å². The van der Waals surface area contributed by atoms with Gasteiger partial charge >= 0.3 is 0 Å². The summed E-state index contributed by atoms with van der Waals surface area (Å²) in [5.74, 6) is 0.515. The van der Waals surface area contributed by atoms with Crippen molar-refractivity contribution in [2.45, 2.75) is 25.8 Å². The molecule has 2 unspecified atom stereocenters. The van der Waals surface area contributed by atoms with Crippen LogP contribution >= 0.6 is 31.9 Å². The van der Waals surface area contributed by atoms with Crippen molar-refractivity contribution >= 4 is 31.9 Å². The Morgan fingerprint density at radius 3 is 2.89 bits per heavy atom. The molecule has 0 spiro atoms. The van der Waals surface area contributed by atoms with Gasteiger partial charge in [0.15, 0.2) is 0 Å². The Labute approximate surface area is 125 Å². The largest absolute Gasteiger partial charge is 0.330 e. The standard InChI is InChI=1S/C13H19Br2N3/c1-2-4-18-5-3-9(7-16)13(18)12-11(15)6-10(14)8-17-12/h6,8-9,13H,2-5,7,16H2,1H3. The molecule has 1 aliphatic rings. The maximum Gasteiger partial charge on any atom is 0.0721 e. The molecular weight excluding hydrogens is 358 g/mol. The van der Waals surface area contributed by atoms with E-state index < -0.39 is 0 Å². The van der Waals surface area contributed by atoms with Gasteiger partial charge in [0.1, 0.15) is 0 Å². The summed E-state index contributed by atoms with van der Waals surface area (Å²) in [4.78, 5) is 7.11. The number of rotatable bonds is 4. The van der Waals surface area contributed by atoms with Gasteiger partial charge in [-0.25, -0.2) is 0 Å². The summed E-state index contributed by atoms with van der Waals surface area (Å²) in [6.07, 6.45) is 4.21. The van der Waals surface area contributed by atoms with Crippen LogP contribution in [-0.2, 0) is 0 Å². The lowest BCUT2D eigenvalue weighted by Crippen LogP contribution is -2.29. The van der Waals surface area contributed by atoms with Crippen LogP contribution in [0.3, 0.4) is 0 Å². The molecule has 100 valence electrons. The number of aromatic nitrogens is 1. The summed E-state index contributed by atoms with van der Waals surface area (Å²) in [6.45, 7) is 5.20. The number of nitrogens with two attached hydrogens (primary N) is 1. The van der Waals surface area contributed by atoms with Gasteiger partial charge in [0.25, 0.3) is 0 Å². The van der Waals surface area contributed by atoms with Crippen molar-refractivity contribution in [2.24, 2.45) is 11.7 Å². The molecule has 1 fully saturated rings. The Hall–Kier alpha value is 0.0300. The van der Waals surface area contributed by atoms with E-state index in [-0.39, 0.29) is 0 Å². The highest BCUT2D eigenvalue weighted by atomic mass is 79.9. The van der Waals surface area contributed by atoms with E-state index in [1.165, 1.54) is 12.8 Å². The highest BCUT2D eigenvalue weighted by Crippen LogP contribution is 2.39. The number of likely N-dealkylation sites (tertiary alicyclic amines) is 1. The second-order valence-corrected chi connectivity index (χ2v) is 6.56. The first kappa shape index (κ1) is 14.4. The molecule has 5 heteroatoms. The van der Waals surface area contributed by atoms with Gasteiger partial charge in [-0.3, -0.25) is 9.88 Å². The third-order valence-corrected chi connectivity index (χ3v) is 4.63. The van der Waals surface area contributed by atoms with E-state index in [1.807, 2.05) is 6.20 Å². The molecule has 1 saturated heterocycles. The lowest BCUT2D eigenvalue weighted by molar-refractivity contribution is 0.225. The zero-order valence-electron chi connectivity index (χ0n) is 10.6. The van der Waals surface area contributed by atoms with Crippen LogP contribution in [0.1, 0.15) is 31.5 Å². The molecule has 0 aliphatic carbocycles. The van der Waals surface area contributed by atoms with Crippen molar-refractivity contribution in [2.75, 3.05) is 19.6 Å². The van der Waals surface area contributed by atoms with Gasteiger partial charge in [0.05, 0.1) is 11.7 Å². The van der Waals surface area contributed by atoms with Gasteiger partial charge in [-0.05, 0) is 76.3 Å². The van der Waals surface area contributed by atoms with E-state index in [2.05, 4.69) is 54.7 Å². The van der Waals surface area contributed by atoms with Gasteiger partial charge in [-0.1, -0.05) is 6.92 Å². The fourth-order valence-corrected chi connectivity index (χ4v) is 3.97. The average Bonchev–Trinajstić information content (AvgIpc) is 2.73. The van der Waals surface area contributed by atoms with Crippen LogP contribution in [0.25, 0.3) is 0 Å². The molecule has 0 amide bonds. The van der Waals surface area contributed by atoms with Gasteiger partial charge in [0, 0.05) is 15.1 Å². The summed E-state index contributed by atoms with van der Waals surface area (Å²) in [5, 5.41) is 0. The van der Waals surface area contributed by atoms with Crippen LogP contribution in [0, 0.1) is 5.92 Å². The number of hydrogen-bond acceptors (Lipinski definition) is 3.